The zero-order valence-electron chi connectivity index (χ0n) is 16.7. The van der Waals surface area contributed by atoms with Gasteiger partial charge in [0.05, 0.1) is 11.3 Å². The Bertz CT molecular complexity index is 905. The summed E-state index contributed by atoms with van der Waals surface area (Å²) in [6.07, 6.45) is 0.992. The Kier molecular flexibility index (Phi) is 6.45. The molecule has 0 unspecified atom stereocenters. The summed E-state index contributed by atoms with van der Waals surface area (Å²) in [7, 11) is 6.11. The molecule has 1 amide bonds. The number of para-hydroxylation sites is 2. The monoisotopic (exact) mass is 373 g/mol. The van der Waals surface area contributed by atoms with Crippen molar-refractivity contribution < 1.29 is 4.79 Å². The Hall–Kier alpha value is -3.11. The number of nitrogens with zero attached hydrogens (tertiary/aromatic N) is 2. The van der Waals surface area contributed by atoms with E-state index < -0.39 is 0 Å². The first-order valence-electron chi connectivity index (χ1n) is 9.47. The van der Waals surface area contributed by atoms with Crippen molar-refractivity contribution in [2.24, 2.45) is 0 Å². The van der Waals surface area contributed by atoms with Crippen LogP contribution in [0.15, 0.2) is 78.9 Å². The number of hydrogen-bond acceptors (Lipinski definition) is 3. The number of carbonyl (C=O) groups excluding carboxylic acids is 1. The van der Waals surface area contributed by atoms with Gasteiger partial charge >= 0.3 is 0 Å². The fourth-order valence-electron chi connectivity index (χ4n) is 3.05. The van der Waals surface area contributed by atoms with Gasteiger partial charge < -0.3 is 15.1 Å². The Morgan fingerprint density at radius 2 is 1.46 bits per heavy atom. The molecule has 0 bridgehead atoms. The molecule has 3 aromatic carbocycles. The minimum absolute atomic E-state index is 0.112. The second-order valence-corrected chi connectivity index (χ2v) is 7.12. The summed E-state index contributed by atoms with van der Waals surface area (Å²) >= 11 is 0. The van der Waals surface area contributed by atoms with Crippen molar-refractivity contribution in [2.45, 2.75) is 6.42 Å². The van der Waals surface area contributed by atoms with Gasteiger partial charge in [0.1, 0.15) is 0 Å². The van der Waals surface area contributed by atoms with Crippen LogP contribution in [0.25, 0.3) is 0 Å². The van der Waals surface area contributed by atoms with Crippen molar-refractivity contribution in [3.8, 4) is 0 Å². The summed E-state index contributed by atoms with van der Waals surface area (Å²) in [5, 5.41) is 3.02. The number of amides is 1. The molecule has 0 saturated heterocycles. The van der Waals surface area contributed by atoms with Gasteiger partial charge in [-0.15, -0.1) is 0 Å². The van der Waals surface area contributed by atoms with Crippen LogP contribution in [-0.2, 0) is 6.42 Å². The summed E-state index contributed by atoms with van der Waals surface area (Å²) in [5.41, 5.74) is 4.61. The van der Waals surface area contributed by atoms with E-state index in [0.29, 0.717) is 5.56 Å². The number of likely N-dealkylation sites (N-methyl/N-ethyl adjacent to an activating group) is 1. The summed E-state index contributed by atoms with van der Waals surface area (Å²) in [6, 6.07) is 25.8. The average Bonchev–Trinajstić information content (AvgIpc) is 2.73. The van der Waals surface area contributed by atoms with Gasteiger partial charge in [-0.3, -0.25) is 4.79 Å². The third-order valence-corrected chi connectivity index (χ3v) is 4.71. The number of rotatable bonds is 7. The van der Waals surface area contributed by atoms with E-state index in [9.17, 15) is 4.79 Å². The van der Waals surface area contributed by atoms with Gasteiger partial charge in [0.2, 0.25) is 0 Å². The number of benzene rings is 3. The third kappa shape index (κ3) is 4.99. The van der Waals surface area contributed by atoms with Crippen LogP contribution < -0.4 is 10.2 Å². The van der Waals surface area contributed by atoms with Crippen LogP contribution in [0, 0.1) is 0 Å². The molecule has 3 rings (SSSR count). The van der Waals surface area contributed by atoms with Gasteiger partial charge in [0.15, 0.2) is 0 Å². The molecule has 0 spiro atoms. The first-order chi connectivity index (χ1) is 13.5. The molecular weight excluding hydrogens is 346 g/mol. The van der Waals surface area contributed by atoms with Crippen LogP contribution in [0.5, 0.6) is 0 Å². The van der Waals surface area contributed by atoms with E-state index in [4.69, 9.17) is 0 Å². The highest BCUT2D eigenvalue weighted by molar-refractivity contribution is 6.08. The quantitative estimate of drug-likeness (QED) is 0.645. The second kappa shape index (κ2) is 9.20. The molecule has 1 N–H and O–H groups in total. The molecule has 0 aliphatic rings. The molecule has 4 nitrogen and oxygen atoms in total. The van der Waals surface area contributed by atoms with Crippen LogP contribution in [0.4, 0.5) is 17.1 Å². The zero-order valence-corrected chi connectivity index (χ0v) is 16.7. The number of anilines is 3. The van der Waals surface area contributed by atoms with Gasteiger partial charge in [0, 0.05) is 25.0 Å². The number of hydrogen-bond donors (Lipinski definition) is 1. The fourth-order valence-corrected chi connectivity index (χ4v) is 3.05. The van der Waals surface area contributed by atoms with E-state index in [1.54, 1.807) is 0 Å². The molecule has 3 aromatic rings. The lowest BCUT2D eigenvalue weighted by atomic mass is 10.1. The topological polar surface area (TPSA) is 35.6 Å². The van der Waals surface area contributed by atoms with Crippen LogP contribution in [0.3, 0.4) is 0 Å². The molecule has 28 heavy (non-hydrogen) atoms. The molecular formula is C24H27N3O. The Morgan fingerprint density at radius 1 is 0.821 bits per heavy atom. The Balaban J connectivity index is 1.75. The predicted octanol–water partition coefficient (Wildman–Crippen LogP) is 4.81. The fraction of sp³-hybridized carbons (Fsp3) is 0.208. The molecule has 0 radical (unpaired) electrons. The van der Waals surface area contributed by atoms with E-state index in [-0.39, 0.29) is 5.91 Å². The van der Waals surface area contributed by atoms with Crippen LogP contribution >= 0.6 is 0 Å². The molecule has 0 aromatic heterocycles. The minimum atomic E-state index is -0.112. The zero-order chi connectivity index (χ0) is 19.9. The normalized spacial score (nSPS) is 10.7. The van der Waals surface area contributed by atoms with Crippen LogP contribution in [-0.4, -0.2) is 38.5 Å². The van der Waals surface area contributed by atoms with E-state index in [1.807, 2.05) is 78.7 Å². The van der Waals surface area contributed by atoms with Crippen molar-refractivity contribution in [3.63, 3.8) is 0 Å². The van der Waals surface area contributed by atoms with E-state index >= 15 is 0 Å². The average molecular weight is 374 g/mol. The maximum absolute atomic E-state index is 12.9. The highest BCUT2D eigenvalue weighted by Crippen LogP contribution is 2.27. The van der Waals surface area contributed by atoms with Crippen molar-refractivity contribution in [2.75, 3.05) is 37.9 Å². The summed E-state index contributed by atoms with van der Waals surface area (Å²) in [4.78, 5) is 17.1. The van der Waals surface area contributed by atoms with Gasteiger partial charge in [-0.25, -0.2) is 0 Å². The SMILES string of the molecule is CN(C)CCc1ccc(NC(=O)c2ccccc2N(C)c2ccccc2)cc1. The second-order valence-electron chi connectivity index (χ2n) is 7.12. The lowest BCUT2D eigenvalue weighted by Crippen LogP contribution is -2.18. The first-order valence-corrected chi connectivity index (χ1v) is 9.47. The van der Waals surface area contributed by atoms with Crippen molar-refractivity contribution in [3.05, 3.63) is 90.0 Å². The van der Waals surface area contributed by atoms with Gasteiger partial charge in [-0.05, 0) is 62.5 Å². The summed E-state index contributed by atoms with van der Waals surface area (Å²) in [5.74, 6) is -0.112. The largest absolute Gasteiger partial charge is 0.344 e. The first kappa shape index (κ1) is 19.6. The molecule has 4 heteroatoms. The molecule has 0 saturated carbocycles. The molecule has 0 aliphatic heterocycles. The van der Waals surface area contributed by atoms with Crippen molar-refractivity contribution >= 4 is 23.0 Å². The van der Waals surface area contributed by atoms with Gasteiger partial charge in [-0.1, -0.05) is 42.5 Å². The lowest BCUT2D eigenvalue weighted by Gasteiger charge is -2.22. The molecule has 0 aliphatic carbocycles. The number of nitrogens with one attached hydrogen (secondary N) is 1. The molecule has 0 heterocycles. The third-order valence-electron chi connectivity index (χ3n) is 4.71. The Labute approximate surface area is 167 Å². The molecule has 0 fully saturated rings. The van der Waals surface area contributed by atoms with E-state index in [1.165, 1.54) is 5.56 Å². The highest BCUT2D eigenvalue weighted by atomic mass is 16.1. The highest BCUT2D eigenvalue weighted by Gasteiger charge is 2.15. The van der Waals surface area contributed by atoms with Crippen molar-refractivity contribution in [1.29, 1.82) is 0 Å². The molecule has 144 valence electrons. The summed E-state index contributed by atoms with van der Waals surface area (Å²) < 4.78 is 0. The Morgan fingerprint density at radius 3 is 2.14 bits per heavy atom. The number of carbonyl (C=O) groups is 1. The standard InChI is InChI=1S/C24H27N3O/c1-26(2)18-17-19-13-15-20(16-14-19)25-24(28)22-11-7-8-12-23(22)27(3)21-9-5-4-6-10-21/h4-16H,17-18H2,1-3H3,(H,25,28). The van der Waals surface area contributed by atoms with Crippen LogP contribution in [0.1, 0.15) is 15.9 Å². The van der Waals surface area contributed by atoms with Crippen molar-refractivity contribution in [1.82, 2.24) is 4.90 Å². The maximum Gasteiger partial charge on any atom is 0.257 e. The maximum atomic E-state index is 12.9. The van der Waals surface area contributed by atoms with E-state index in [0.717, 1.165) is 30.0 Å². The lowest BCUT2D eigenvalue weighted by molar-refractivity contribution is 0.102. The molecule has 0 atom stereocenters. The van der Waals surface area contributed by atoms with Gasteiger partial charge in [-0.2, -0.15) is 0 Å². The minimum Gasteiger partial charge on any atom is -0.344 e. The van der Waals surface area contributed by atoms with Gasteiger partial charge in [0.25, 0.3) is 5.91 Å². The predicted molar refractivity (Wildman–Crippen MR) is 118 cm³/mol. The summed E-state index contributed by atoms with van der Waals surface area (Å²) in [6.45, 7) is 1.00. The smallest absolute Gasteiger partial charge is 0.257 e. The van der Waals surface area contributed by atoms with Crippen LogP contribution in [0.2, 0.25) is 0 Å². The van der Waals surface area contributed by atoms with E-state index in [2.05, 4.69) is 36.4 Å².